The van der Waals surface area contributed by atoms with E-state index < -0.39 is 23.4 Å². The highest BCUT2D eigenvalue weighted by Crippen LogP contribution is 2.15. The van der Waals surface area contributed by atoms with Crippen LogP contribution in [0.5, 0.6) is 0 Å². The zero-order chi connectivity index (χ0) is 18.5. The number of likely N-dealkylation sites (N-methyl/N-ethyl adjacent to an activating group) is 2. The summed E-state index contributed by atoms with van der Waals surface area (Å²) < 4.78 is 10.7. The Morgan fingerprint density at radius 2 is 2.00 bits per heavy atom. The fraction of sp³-hybridized carbons (Fsp3) is 0.875. The minimum absolute atomic E-state index is 0.129. The van der Waals surface area contributed by atoms with E-state index in [4.69, 9.17) is 9.47 Å². The van der Waals surface area contributed by atoms with E-state index in [0.29, 0.717) is 26.2 Å². The number of hydrogen-bond donors (Lipinski definition) is 2. The van der Waals surface area contributed by atoms with Crippen LogP contribution in [0.1, 0.15) is 27.7 Å². The van der Waals surface area contributed by atoms with Gasteiger partial charge in [-0.25, -0.2) is 4.79 Å². The molecule has 2 atom stereocenters. The van der Waals surface area contributed by atoms with Gasteiger partial charge < -0.3 is 24.8 Å². The monoisotopic (exact) mass is 345 g/mol. The molecular formula is C16H31N3O5. The van der Waals surface area contributed by atoms with Crippen molar-refractivity contribution in [1.29, 1.82) is 0 Å². The molecule has 0 radical (unpaired) electrons. The van der Waals surface area contributed by atoms with Gasteiger partial charge in [-0.05, 0) is 27.7 Å². The zero-order valence-electron chi connectivity index (χ0n) is 15.6. The van der Waals surface area contributed by atoms with Crippen molar-refractivity contribution in [1.82, 2.24) is 15.1 Å². The lowest BCUT2D eigenvalue weighted by atomic mass is 10.1. The molecule has 1 aliphatic heterocycles. The number of amides is 2. The summed E-state index contributed by atoms with van der Waals surface area (Å²) in [5.41, 5.74) is -1.71. The molecule has 0 aromatic rings. The number of β-amino-alcohol motifs (C(OH)–C–C–N with tert-alkyl or cyclic N) is 1. The van der Waals surface area contributed by atoms with E-state index in [9.17, 15) is 14.7 Å². The van der Waals surface area contributed by atoms with Crippen LogP contribution in [0.25, 0.3) is 0 Å². The maximum absolute atomic E-state index is 12.0. The van der Waals surface area contributed by atoms with Gasteiger partial charge in [0, 0.05) is 33.7 Å². The third-order valence-corrected chi connectivity index (χ3v) is 3.54. The first kappa shape index (κ1) is 20.7. The van der Waals surface area contributed by atoms with Crippen LogP contribution in [0.15, 0.2) is 0 Å². The largest absolute Gasteiger partial charge is 0.444 e. The van der Waals surface area contributed by atoms with E-state index in [1.807, 2.05) is 4.90 Å². The Labute approximate surface area is 144 Å². The van der Waals surface area contributed by atoms with E-state index in [2.05, 4.69) is 5.32 Å². The molecule has 1 rings (SSSR count). The summed E-state index contributed by atoms with van der Waals surface area (Å²) in [4.78, 5) is 27.0. The van der Waals surface area contributed by atoms with Crippen molar-refractivity contribution in [3.8, 4) is 0 Å². The predicted molar refractivity (Wildman–Crippen MR) is 89.7 cm³/mol. The third-order valence-electron chi connectivity index (χ3n) is 3.54. The molecule has 24 heavy (non-hydrogen) atoms. The first-order chi connectivity index (χ1) is 10.9. The van der Waals surface area contributed by atoms with Crippen LogP contribution in [0, 0.1) is 0 Å². The standard InChI is InChI=1S/C16H31N3O5/c1-15(2,3)24-14(21)18(6)10-16(4,22)11-19-7-8-23-12(9-19)13(20)17-5/h12,22H,7-11H2,1-6H3,(H,17,20)/t12-,16-/m1/s1. The number of ether oxygens (including phenoxy) is 2. The van der Waals surface area contributed by atoms with Gasteiger partial charge in [-0.3, -0.25) is 9.69 Å². The summed E-state index contributed by atoms with van der Waals surface area (Å²) >= 11 is 0. The molecule has 140 valence electrons. The van der Waals surface area contributed by atoms with Crippen molar-refractivity contribution in [3.05, 3.63) is 0 Å². The lowest BCUT2D eigenvalue weighted by molar-refractivity contribution is -0.140. The summed E-state index contributed by atoms with van der Waals surface area (Å²) in [6.07, 6.45) is -1.02. The van der Waals surface area contributed by atoms with Crippen LogP contribution < -0.4 is 5.32 Å². The summed E-state index contributed by atoms with van der Waals surface area (Å²) in [5, 5.41) is 13.2. The van der Waals surface area contributed by atoms with Crippen LogP contribution in [0.3, 0.4) is 0 Å². The summed E-state index contributed by atoms with van der Waals surface area (Å²) in [6, 6.07) is 0. The predicted octanol–water partition coefficient (Wildman–Crippen LogP) is 0.0511. The van der Waals surface area contributed by atoms with Crippen molar-refractivity contribution in [2.45, 2.75) is 45.0 Å². The van der Waals surface area contributed by atoms with Crippen molar-refractivity contribution >= 4 is 12.0 Å². The van der Waals surface area contributed by atoms with Gasteiger partial charge in [-0.1, -0.05) is 0 Å². The molecule has 0 spiro atoms. The number of hydrogen-bond acceptors (Lipinski definition) is 6. The normalized spacial score (nSPS) is 21.7. The summed E-state index contributed by atoms with van der Waals surface area (Å²) in [5.74, 6) is -0.176. The number of nitrogens with one attached hydrogen (secondary N) is 1. The van der Waals surface area contributed by atoms with Crippen LogP contribution in [-0.2, 0) is 14.3 Å². The van der Waals surface area contributed by atoms with Crippen molar-refractivity contribution < 1.29 is 24.2 Å². The summed E-state index contributed by atoms with van der Waals surface area (Å²) in [6.45, 7) is 8.97. The van der Waals surface area contributed by atoms with E-state index in [-0.39, 0.29) is 12.5 Å². The quantitative estimate of drug-likeness (QED) is 0.732. The smallest absolute Gasteiger partial charge is 0.410 e. The SMILES string of the molecule is CNC(=O)[C@H]1CN(C[C@](C)(O)CN(C)C(=O)OC(C)(C)C)CCO1. The molecule has 0 aromatic carbocycles. The fourth-order valence-corrected chi connectivity index (χ4v) is 2.61. The zero-order valence-corrected chi connectivity index (χ0v) is 15.6. The first-order valence-electron chi connectivity index (χ1n) is 8.15. The highest BCUT2D eigenvalue weighted by molar-refractivity contribution is 5.80. The van der Waals surface area contributed by atoms with Crippen LogP contribution in [-0.4, -0.2) is 91.1 Å². The van der Waals surface area contributed by atoms with Crippen molar-refractivity contribution in [2.75, 3.05) is 46.9 Å². The van der Waals surface area contributed by atoms with Gasteiger partial charge in [0.15, 0.2) is 0 Å². The molecule has 0 aromatic heterocycles. The van der Waals surface area contributed by atoms with Gasteiger partial charge in [0.1, 0.15) is 11.7 Å². The number of carbonyl (C=O) groups is 2. The fourth-order valence-electron chi connectivity index (χ4n) is 2.61. The Morgan fingerprint density at radius 1 is 1.38 bits per heavy atom. The van der Waals surface area contributed by atoms with Gasteiger partial charge in [0.2, 0.25) is 5.91 Å². The molecule has 8 nitrogen and oxygen atoms in total. The second-order valence-corrected chi connectivity index (χ2v) is 7.54. The van der Waals surface area contributed by atoms with E-state index in [1.54, 1.807) is 41.8 Å². The van der Waals surface area contributed by atoms with Crippen LogP contribution >= 0.6 is 0 Å². The minimum atomic E-state index is -1.13. The van der Waals surface area contributed by atoms with Gasteiger partial charge in [0.25, 0.3) is 0 Å². The van der Waals surface area contributed by atoms with Crippen LogP contribution in [0.2, 0.25) is 0 Å². The Morgan fingerprint density at radius 3 is 2.54 bits per heavy atom. The molecule has 0 aliphatic carbocycles. The molecule has 8 heteroatoms. The van der Waals surface area contributed by atoms with Crippen LogP contribution in [0.4, 0.5) is 4.79 Å². The minimum Gasteiger partial charge on any atom is -0.444 e. The second-order valence-electron chi connectivity index (χ2n) is 7.54. The van der Waals surface area contributed by atoms with Crippen molar-refractivity contribution in [2.24, 2.45) is 0 Å². The lowest BCUT2D eigenvalue weighted by Crippen LogP contribution is -2.55. The number of carbonyl (C=O) groups excluding carboxylic acids is 2. The highest BCUT2D eigenvalue weighted by atomic mass is 16.6. The number of rotatable bonds is 5. The van der Waals surface area contributed by atoms with Gasteiger partial charge >= 0.3 is 6.09 Å². The average molecular weight is 345 g/mol. The lowest BCUT2D eigenvalue weighted by Gasteiger charge is -2.38. The molecule has 1 heterocycles. The average Bonchev–Trinajstić information content (AvgIpc) is 2.43. The molecule has 2 amide bonds. The van der Waals surface area contributed by atoms with E-state index in [0.717, 1.165) is 0 Å². The van der Waals surface area contributed by atoms with Gasteiger partial charge in [0.05, 0.1) is 18.8 Å². The Hall–Kier alpha value is -1.38. The second kappa shape index (κ2) is 8.13. The molecule has 1 saturated heterocycles. The molecule has 0 saturated carbocycles. The maximum atomic E-state index is 12.0. The molecule has 1 aliphatic rings. The number of morpholine rings is 1. The first-order valence-corrected chi connectivity index (χ1v) is 8.15. The summed E-state index contributed by atoms with van der Waals surface area (Å²) in [7, 11) is 3.16. The Kier molecular flexibility index (Phi) is 7.00. The Bertz CT molecular complexity index is 447. The molecule has 1 fully saturated rings. The van der Waals surface area contributed by atoms with Crippen molar-refractivity contribution in [3.63, 3.8) is 0 Å². The van der Waals surface area contributed by atoms with Gasteiger partial charge in [-0.15, -0.1) is 0 Å². The number of nitrogens with zero attached hydrogens (tertiary/aromatic N) is 2. The number of aliphatic hydroxyl groups is 1. The van der Waals surface area contributed by atoms with E-state index >= 15 is 0 Å². The van der Waals surface area contributed by atoms with E-state index in [1.165, 1.54) is 4.90 Å². The topological polar surface area (TPSA) is 91.3 Å². The maximum Gasteiger partial charge on any atom is 0.410 e. The third kappa shape index (κ3) is 7.02. The molecule has 0 bridgehead atoms. The van der Waals surface area contributed by atoms with Gasteiger partial charge in [-0.2, -0.15) is 0 Å². The molecular weight excluding hydrogens is 314 g/mol. The molecule has 0 unspecified atom stereocenters. The highest BCUT2D eigenvalue weighted by Gasteiger charge is 2.33. The molecule has 2 N–H and O–H groups in total. The Balaban J connectivity index is 2.56.